The number of anilines is 1. The highest BCUT2D eigenvalue weighted by Crippen LogP contribution is 2.32. The van der Waals surface area contributed by atoms with Crippen LogP contribution in [0.5, 0.6) is 5.75 Å². The Bertz CT molecular complexity index is 800. The maximum absolute atomic E-state index is 12.4. The van der Waals surface area contributed by atoms with Gasteiger partial charge in [-0.05, 0) is 43.7 Å². The van der Waals surface area contributed by atoms with Crippen LogP contribution in [0, 0.1) is 13.8 Å². The fourth-order valence-electron chi connectivity index (χ4n) is 1.86. The zero-order chi connectivity index (χ0) is 17.3. The number of ether oxygens (including phenoxy) is 1. The topological polar surface area (TPSA) is 55.4 Å². The van der Waals surface area contributed by atoms with Crippen LogP contribution in [0.15, 0.2) is 47.4 Å². The molecule has 0 bridgehead atoms. The number of benzene rings is 2. The molecule has 0 heterocycles. The summed E-state index contributed by atoms with van der Waals surface area (Å²) in [7, 11) is -4.02. The SMILES string of the molecule is Cc1ccc(S(=O)(=O)Nc2cc(C)ccc2OC(F)(F)F)cc1. The van der Waals surface area contributed by atoms with Crippen molar-refractivity contribution in [2.45, 2.75) is 25.1 Å². The molecule has 8 heteroatoms. The third kappa shape index (κ3) is 4.62. The van der Waals surface area contributed by atoms with Crippen molar-refractivity contribution in [2.75, 3.05) is 4.72 Å². The van der Waals surface area contributed by atoms with E-state index >= 15 is 0 Å². The monoisotopic (exact) mass is 345 g/mol. The van der Waals surface area contributed by atoms with Crippen LogP contribution in [0.4, 0.5) is 18.9 Å². The summed E-state index contributed by atoms with van der Waals surface area (Å²) in [6.07, 6.45) is -4.92. The Balaban J connectivity index is 2.38. The van der Waals surface area contributed by atoms with Crippen molar-refractivity contribution in [3.63, 3.8) is 0 Å². The molecule has 0 saturated carbocycles. The van der Waals surface area contributed by atoms with E-state index < -0.39 is 22.1 Å². The van der Waals surface area contributed by atoms with Crippen LogP contribution in [0.3, 0.4) is 0 Å². The van der Waals surface area contributed by atoms with Gasteiger partial charge in [0.1, 0.15) is 0 Å². The van der Waals surface area contributed by atoms with Gasteiger partial charge in [0.2, 0.25) is 0 Å². The molecular formula is C15H14F3NO3S. The lowest BCUT2D eigenvalue weighted by Gasteiger charge is -2.15. The van der Waals surface area contributed by atoms with Crippen LogP contribution >= 0.6 is 0 Å². The highest BCUT2D eigenvalue weighted by Gasteiger charge is 2.32. The highest BCUT2D eigenvalue weighted by molar-refractivity contribution is 7.92. The summed E-state index contributed by atoms with van der Waals surface area (Å²) in [5.41, 5.74) is 1.17. The summed E-state index contributed by atoms with van der Waals surface area (Å²) in [6, 6.07) is 9.67. The standard InChI is InChI=1S/C15H14F3NO3S/c1-10-3-6-12(7-4-10)23(20,21)19-13-9-11(2)5-8-14(13)22-15(16,17)18/h3-9,19H,1-2H3. The van der Waals surface area contributed by atoms with Crippen LogP contribution in [0.25, 0.3) is 0 Å². The number of sulfonamides is 1. The van der Waals surface area contributed by atoms with Crippen molar-refractivity contribution < 1.29 is 26.3 Å². The van der Waals surface area contributed by atoms with E-state index in [2.05, 4.69) is 9.46 Å². The van der Waals surface area contributed by atoms with E-state index in [1.807, 2.05) is 0 Å². The second kappa shape index (κ2) is 6.11. The Hall–Kier alpha value is -2.22. The van der Waals surface area contributed by atoms with E-state index in [0.29, 0.717) is 5.56 Å². The number of halogens is 3. The van der Waals surface area contributed by atoms with E-state index in [0.717, 1.165) is 11.6 Å². The lowest BCUT2D eigenvalue weighted by Crippen LogP contribution is -2.20. The molecule has 0 spiro atoms. The largest absolute Gasteiger partial charge is 0.573 e. The molecule has 2 aromatic carbocycles. The van der Waals surface area contributed by atoms with Crippen LogP contribution in [-0.4, -0.2) is 14.8 Å². The lowest BCUT2D eigenvalue weighted by atomic mass is 10.2. The van der Waals surface area contributed by atoms with Gasteiger partial charge in [0, 0.05) is 0 Å². The summed E-state index contributed by atoms with van der Waals surface area (Å²) in [6.45, 7) is 3.42. The summed E-state index contributed by atoms with van der Waals surface area (Å²) in [5, 5.41) is 0. The summed E-state index contributed by atoms with van der Waals surface area (Å²) in [4.78, 5) is -0.0532. The Morgan fingerprint density at radius 3 is 2.09 bits per heavy atom. The van der Waals surface area contributed by atoms with Crippen molar-refractivity contribution in [3.8, 4) is 5.75 Å². The van der Waals surface area contributed by atoms with E-state index in [-0.39, 0.29) is 10.6 Å². The van der Waals surface area contributed by atoms with Crippen molar-refractivity contribution in [1.29, 1.82) is 0 Å². The maximum atomic E-state index is 12.4. The molecule has 0 unspecified atom stereocenters. The highest BCUT2D eigenvalue weighted by atomic mass is 32.2. The van der Waals surface area contributed by atoms with Gasteiger partial charge in [0.25, 0.3) is 10.0 Å². The first kappa shape index (κ1) is 17.1. The first-order valence-electron chi connectivity index (χ1n) is 6.53. The summed E-state index contributed by atoms with van der Waals surface area (Å²) >= 11 is 0. The Kier molecular flexibility index (Phi) is 4.56. The third-order valence-corrected chi connectivity index (χ3v) is 4.32. The maximum Gasteiger partial charge on any atom is 0.573 e. The van der Waals surface area contributed by atoms with Crippen LogP contribution in [-0.2, 0) is 10.0 Å². The molecule has 0 aliphatic heterocycles. The molecule has 124 valence electrons. The number of alkyl halides is 3. The van der Waals surface area contributed by atoms with Crippen molar-refractivity contribution in [1.82, 2.24) is 0 Å². The molecule has 2 rings (SSSR count). The lowest BCUT2D eigenvalue weighted by molar-refractivity contribution is -0.274. The quantitative estimate of drug-likeness (QED) is 0.911. The molecule has 0 aliphatic carbocycles. The summed E-state index contributed by atoms with van der Waals surface area (Å²) in [5.74, 6) is -0.612. The normalized spacial score (nSPS) is 12.0. The van der Waals surface area contributed by atoms with Gasteiger partial charge >= 0.3 is 6.36 Å². The molecule has 4 nitrogen and oxygen atoms in total. The average Bonchev–Trinajstić information content (AvgIpc) is 2.41. The molecule has 0 radical (unpaired) electrons. The number of hydrogen-bond donors (Lipinski definition) is 1. The molecule has 23 heavy (non-hydrogen) atoms. The van der Waals surface area contributed by atoms with Crippen molar-refractivity contribution in [2.24, 2.45) is 0 Å². The third-order valence-electron chi connectivity index (χ3n) is 2.94. The van der Waals surface area contributed by atoms with Gasteiger partial charge in [-0.15, -0.1) is 13.2 Å². The minimum Gasteiger partial charge on any atom is -0.404 e. The second-order valence-electron chi connectivity index (χ2n) is 4.97. The predicted octanol–water partition coefficient (Wildman–Crippen LogP) is 4.00. The molecule has 2 aromatic rings. The molecule has 0 saturated heterocycles. The first-order valence-corrected chi connectivity index (χ1v) is 8.01. The van der Waals surface area contributed by atoms with Crippen molar-refractivity contribution in [3.05, 3.63) is 53.6 Å². The average molecular weight is 345 g/mol. The van der Waals surface area contributed by atoms with Gasteiger partial charge in [-0.25, -0.2) is 8.42 Å². The summed E-state index contributed by atoms with van der Waals surface area (Å²) < 4.78 is 67.9. The van der Waals surface area contributed by atoms with Crippen LogP contribution in [0.1, 0.15) is 11.1 Å². The smallest absolute Gasteiger partial charge is 0.404 e. The second-order valence-corrected chi connectivity index (χ2v) is 6.65. The van der Waals surface area contributed by atoms with Gasteiger partial charge in [0.15, 0.2) is 5.75 Å². The fourth-order valence-corrected chi connectivity index (χ4v) is 2.92. The molecule has 0 atom stereocenters. The molecule has 1 N–H and O–H groups in total. The van der Waals surface area contributed by atoms with Gasteiger partial charge in [-0.2, -0.15) is 0 Å². The van der Waals surface area contributed by atoms with Gasteiger partial charge in [-0.3, -0.25) is 4.72 Å². The van der Waals surface area contributed by atoms with E-state index in [1.54, 1.807) is 26.0 Å². The minimum absolute atomic E-state index is 0.0532. The van der Waals surface area contributed by atoms with Crippen molar-refractivity contribution >= 4 is 15.7 Å². The molecular weight excluding hydrogens is 331 g/mol. The number of nitrogens with one attached hydrogen (secondary N) is 1. The Labute approximate surface area is 132 Å². The molecule has 0 amide bonds. The number of aryl methyl sites for hydroxylation is 2. The first-order chi connectivity index (χ1) is 10.6. The molecule has 0 aliphatic rings. The fraction of sp³-hybridized carbons (Fsp3) is 0.200. The zero-order valence-electron chi connectivity index (χ0n) is 12.3. The predicted molar refractivity (Wildman–Crippen MR) is 79.8 cm³/mol. The van der Waals surface area contributed by atoms with Gasteiger partial charge in [-0.1, -0.05) is 23.8 Å². The van der Waals surface area contributed by atoms with E-state index in [9.17, 15) is 21.6 Å². The zero-order valence-corrected chi connectivity index (χ0v) is 13.1. The minimum atomic E-state index is -4.92. The van der Waals surface area contributed by atoms with E-state index in [1.165, 1.54) is 24.3 Å². The Morgan fingerprint density at radius 1 is 0.957 bits per heavy atom. The van der Waals surface area contributed by atoms with Gasteiger partial charge < -0.3 is 4.74 Å². The van der Waals surface area contributed by atoms with Gasteiger partial charge in [0.05, 0.1) is 10.6 Å². The number of rotatable bonds is 4. The van der Waals surface area contributed by atoms with Crippen LogP contribution < -0.4 is 9.46 Å². The molecule has 0 fully saturated rings. The number of hydrogen-bond acceptors (Lipinski definition) is 3. The Morgan fingerprint density at radius 2 is 1.52 bits per heavy atom. The van der Waals surface area contributed by atoms with Crippen LogP contribution in [0.2, 0.25) is 0 Å². The van der Waals surface area contributed by atoms with E-state index in [4.69, 9.17) is 0 Å². The molecule has 0 aromatic heterocycles.